The third kappa shape index (κ3) is 4.65. The summed E-state index contributed by atoms with van der Waals surface area (Å²) in [6.07, 6.45) is 0. The zero-order chi connectivity index (χ0) is 4.28. The van der Waals surface area contributed by atoms with E-state index < -0.39 is 0 Å². The first-order valence-electron chi connectivity index (χ1n) is 1.65. The minimum atomic E-state index is 0.639. The molecule has 0 aliphatic carbocycles. The Labute approximate surface area is 44.3 Å². The fourth-order valence-corrected chi connectivity index (χ4v) is 0. The topological polar surface area (TPSA) is 12.0 Å². The van der Waals surface area contributed by atoms with Crippen LogP contribution < -0.4 is 3.88 Å². The van der Waals surface area contributed by atoms with E-state index in [0.29, 0.717) is 6.04 Å². The molecule has 31 valence electrons. The zero-order valence-corrected chi connectivity index (χ0v) is 5.49. The van der Waals surface area contributed by atoms with Crippen LogP contribution in [0.25, 0.3) is 0 Å². The van der Waals surface area contributed by atoms with Crippen LogP contribution in [0.1, 0.15) is 13.8 Å². The Kier molecular flexibility index (Phi) is 3.23. The Morgan fingerprint density at radius 3 is 1.80 bits per heavy atom. The SMILES string of the molecule is CC(C)[NH][Mo]. The first kappa shape index (κ1) is 5.65. The average Bonchev–Trinajstić information content (AvgIpc) is 1.38. The minimum absolute atomic E-state index is 0.639. The summed E-state index contributed by atoms with van der Waals surface area (Å²) in [6.45, 7) is 4.23. The van der Waals surface area contributed by atoms with E-state index in [2.05, 4.69) is 17.7 Å². The van der Waals surface area contributed by atoms with Gasteiger partial charge in [-0.2, -0.15) is 0 Å². The first-order valence-corrected chi connectivity index (χ1v) is 2.65. The molecule has 0 aromatic rings. The predicted octanol–water partition coefficient (Wildman–Crippen LogP) is 0.446. The molecular weight excluding hydrogens is 146 g/mol. The van der Waals surface area contributed by atoms with E-state index in [0.717, 1.165) is 0 Å². The van der Waals surface area contributed by atoms with Crippen molar-refractivity contribution in [2.45, 2.75) is 19.9 Å². The molecule has 0 aromatic carbocycles. The predicted molar refractivity (Wildman–Crippen MR) is 18.3 cm³/mol. The molecule has 0 fully saturated rings. The van der Waals surface area contributed by atoms with Crippen LogP contribution in [0.3, 0.4) is 0 Å². The fourth-order valence-electron chi connectivity index (χ4n) is 0. The van der Waals surface area contributed by atoms with Crippen LogP contribution in [0.5, 0.6) is 0 Å². The molecule has 2 heteroatoms. The van der Waals surface area contributed by atoms with Crippen molar-refractivity contribution in [2.75, 3.05) is 0 Å². The molecule has 0 atom stereocenters. The summed E-state index contributed by atoms with van der Waals surface area (Å²) in [7, 11) is 0. The van der Waals surface area contributed by atoms with E-state index in [-0.39, 0.29) is 0 Å². The Bertz CT molecular complexity index is 20.9. The number of hydrogen-bond donors (Lipinski definition) is 1. The van der Waals surface area contributed by atoms with Crippen molar-refractivity contribution in [3.63, 3.8) is 0 Å². The van der Waals surface area contributed by atoms with E-state index in [1.807, 2.05) is 20.1 Å². The Morgan fingerprint density at radius 1 is 1.60 bits per heavy atom. The van der Waals surface area contributed by atoms with Crippen molar-refractivity contribution < 1.29 is 20.1 Å². The fraction of sp³-hybridized carbons (Fsp3) is 1.00. The van der Waals surface area contributed by atoms with Crippen molar-refractivity contribution in [3.05, 3.63) is 0 Å². The molecule has 0 aliphatic rings. The molecule has 0 aromatic heterocycles. The van der Waals surface area contributed by atoms with Gasteiger partial charge in [-0.1, -0.05) is 0 Å². The molecule has 0 aliphatic heterocycles. The van der Waals surface area contributed by atoms with Gasteiger partial charge in [0.1, 0.15) is 0 Å². The van der Waals surface area contributed by atoms with Crippen LogP contribution in [0.15, 0.2) is 0 Å². The molecule has 0 amide bonds. The first-order chi connectivity index (χ1) is 2.27. The van der Waals surface area contributed by atoms with E-state index in [1.165, 1.54) is 0 Å². The second kappa shape index (κ2) is 2.86. The molecule has 0 unspecified atom stereocenters. The third-order valence-corrected chi connectivity index (χ3v) is 1.39. The summed E-state index contributed by atoms with van der Waals surface area (Å²) in [5.74, 6) is 0. The van der Waals surface area contributed by atoms with Crippen LogP contribution in [0, 0.1) is 0 Å². The molecule has 0 bridgehead atoms. The third-order valence-electron chi connectivity index (χ3n) is 0.236. The molecule has 0 saturated carbocycles. The summed E-state index contributed by atoms with van der Waals surface area (Å²) < 4.78 is 3.04. The van der Waals surface area contributed by atoms with Crippen molar-refractivity contribution in [3.8, 4) is 0 Å². The summed E-state index contributed by atoms with van der Waals surface area (Å²) in [6, 6.07) is 0.639. The van der Waals surface area contributed by atoms with Gasteiger partial charge in [0, 0.05) is 0 Å². The van der Waals surface area contributed by atoms with E-state index in [4.69, 9.17) is 0 Å². The van der Waals surface area contributed by atoms with Gasteiger partial charge in [-0.15, -0.1) is 0 Å². The van der Waals surface area contributed by atoms with E-state index >= 15 is 0 Å². The van der Waals surface area contributed by atoms with Gasteiger partial charge in [-0.3, -0.25) is 0 Å². The molecule has 0 rings (SSSR count). The summed E-state index contributed by atoms with van der Waals surface area (Å²) in [4.78, 5) is 0. The average molecular weight is 154 g/mol. The molecule has 1 N–H and O–H groups in total. The van der Waals surface area contributed by atoms with Crippen molar-refractivity contribution in [1.82, 2.24) is 3.88 Å². The Balaban J connectivity index is 2.54. The van der Waals surface area contributed by atoms with Gasteiger partial charge in [0.2, 0.25) is 0 Å². The van der Waals surface area contributed by atoms with Crippen molar-refractivity contribution >= 4 is 0 Å². The Hall–Kier alpha value is 0.648. The second-order valence-corrected chi connectivity index (χ2v) is 1.85. The van der Waals surface area contributed by atoms with Gasteiger partial charge >= 0.3 is 43.8 Å². The summed E-state index contributed by atoms with van der Waals surface area (Å²) in [5.41, 5.74) is 0. The van der Waals surface area contributed by atoms with Crippen LogP contribution in [0.4, 0.5) is 0 Å². The molecule has 0 saturated heterocycles. The van der Waals surface area contributed by atoms with Gasteiger partial charge in [0.25, 0.3) is 0 Å². The number of hydrogen-bond acceptors (Lipinski definition) is 1. The molecule has 0 spiro atoms. The van der Waals surface area contributed by atoms with E-state index in [1.54, 1.807) is 0 Å². The second-order valence-electron chi connectivity index (χ2n) is 1.27. The number of rotatable bonds is 1. The molecule has 1 nitrogen and oxygen atoms in total. The zero-order valence-electron chi connectivity index (χ0n) is 3.49. The maximum atomic E-state index is 3.04. The van der Waals surface area contributed by atoms with Crippen LogP contribution in [-0.2, 0) is 20.1 Å². The molecule has 5 heavy (non-hydrogen) atoms. The standard InChI is InChI=1S/C3H8N.Mo/c1-3(2)4;/h3-4H,1-2H3;/q-1;+1. The van der Waals surface area contributed by atoms with Crippen LogP contribution in [0.2, 0.25) is 0 Å². The van der Waals surface area contributed by atoms with Crippen LogP contribution in [-0.4, -0.2) is 6.04 Å². The molecular formula is C3H8MoN. The van der Waals surface area contributed by atoms with Gasteiger partial charge in [0.05, 0.1) is 0 Å². The maximum absolute atomic E-state index is 3.04. The van der Waals surface area contributed by atoms with Gasteiger partial charge in [-0.25, -0.2) is 0 Å². The number of nitrogens with one attached hydrogen (secondary N) is 1. The van der Waals surface area contributed by atoms with E-state index in [9.17, 15) is 0 Å². The van der Waals surface area contributed by atoms with Gasteiger partial charge < -0.3 is 0 Å². The van der Waals surface area contributed by atoms with Crippen molar-refractivity contribution in [1.29, 1.82) is 0 Å². The summed E-state index contributed by atoms with van der Waals surface area (Å²) >= 11 is 1.89. The van der Waals surface area contributed by atoms with Gasteiger partial charge in [0.15, 0.2) is 0 Å². The molecule has 0 radical (unpaired) electrons. The quantitative estimate of drug-likeness (QED) is 0.540. The molecule has 0 heterocycles. The summed E-state index contributed by atoms with van der Waals surface area (Å²) in [5, 5.41) is 0. The monoisotopic (exact) mass is 156 g/mol. The van der Waals surface area contributed by atoms with Gasteiger partial charge in [-0.05, 0) is 0 Å². The normalized spacial score (nSPS) is 9.40. The van der Waals surface area contributed by atoms with Crippen LogP contribution >= 0.6 is 0 Å². The van der Waals surface area contributed by atoms with Crippen molar-refractivity contribution in [2.24, 2.45) is 0 Å². The Morgan fingerprint density at radius 2 is 1.80 bits per heavy atom.